The number of imidazole rings is 1. The van der Waals surface area contributed by atoms with Gasteiger partial charge in [0, 0.05) is 18.9 Å². The van der Waals surface area contributed by atoms with E-state index in [9.17, 15) is 0 Å². The van der Waals surface area contributed by atoms with Crippen molar-refractivity contribution in [3.05, 3.63) is 16.7 Å². The van der Waals surface area contributed by atoms with Crippen LogP contribution in [0.4, 0.5) is 0 Å². The van der Waals surface area contributed by atoms with Gasteiger partial charge in [-0.1, -0.05) is 13.8 Å². The monoisotopic (exact) mass is 170 g/mol. The standard InChI is InChI=1S/C8H14N2S/c1-6(2)4-7-5-10(3)8(11)9-7/h5-6H,4H2,1-3H3,(H,9,11). The van der Waals surface area contributed by atoms with Gasteiger partial charge < -0.3 is 9.55 Å². The Morgan fingerprint density at radius 2 is 2.27 bits per heavy atom. The second-order valence-electron chi connectivity index (χ2n) is 3.29. The molecule has 0 radical (unpaired) electrons. The zero-order chi connectivity index (χ0) is 8.43. The van der Waals surface area contributed by atoms with Crippen LogP contribution in [0.15, 0.2) is 6.20 Å². The summed E-state index contributed by atoms with van der Waals surface area (Å²) >= 11 is 5.03. The molecule has 0 saturated heterocycles. The molecule has 1 rings (SSSR count). The average molecular weight is 170 g/mol. The number of aromatic nitrogens is 2. The fourth-order valence-corrected chi connectivity index (χ4v) is 1.28. The van der Waals surface area contributed by atoms with Gasteiger partial charge in [0.15, 0.2) is 4.77 Å². The third kappa shape index (κ3) is 2.19. The summed E-state index contributed by atoms with van der Waals surface area (Å²) in [6.07, 6.45) is 3.13. The zero-order valence-electron chi connectivity index (χ0n) is 7.22. The molecule has 0 unspecified atom stereocenters. The van der Waals surface area contributed by atoms with Crippen molar-refractivity contribution in [2.24, 2.45) is 13.0 Å². The van der Waals surface area contributed by atoms with Crippen molar-refractivity contribution in [2.45, 2.75) is 20.3 Å². The molecule has 1 heterocycles. The molecule has 0 aliphatic heterocycles. The summed E-state index contributed by atoms with van der Waals surface area (Å²) in [5.74, 6) is 0.683. The summed E-state index contributed by atoms with van der Waals surface area (Å²) in [6.45, 7) is 4.40. The van der Waals surface area contributed by atoms with Crippen LogP contribution in [0.5, 0.6) is 0 Å². The molecule has 3 heteroatoms. The first-order valence-electron chi connectivity index (χ1n) is 3.84. The minimum atomic E-state index is 0.683. The van der Waals surface area contributed by atoms with Crippen molar-refractivity contribution in [2.75, 3.05) is 0 Å². The Kier molecular flexibility index (Phi) is 2.49. The molecule has 62 valence electrons. The van der Waals surface area contributed by atoms with Crippen molar-refractivity contribution in [3.63, 3.8) is 0 Å². The van der Waals surface area contributed by atoms with Crippen LogP contribution in [-0.4, -0.2) is 9.55 Å². The lowest BCUT2D eigenvalue weighted by Gasteiger charge is -1.99. The summed E-state index contributed by atoms with van der Waals surface area (Å²) in [6, 6.07) is 0. The fourth-order valence-electron chi connectivity index (χ4n) is 1.09. The molecule has 0 atom stereocenters. The van der Waals surface area contributed by atoms with Crippen LogP contribution in [0.1, 0.15) is 19.5 Å². The van der Waals surface area contributed by atoms with Crippen LogP contribution >= 0.6 is 12.2 Å². The first kappa shape index (κ1) is 8.53. The highest BCUT2D eigenvalue weighted by atomic mass is 32.1. The van der Waals surface area contributed by atoms with E-state index in [1.807, 2.05) is 11.6 Å². The van der Waals surface area contributed by atoms with E-state index < -0.39 is 0 Å². The molecule has 0 aliphatic carbocycles. The smallest absolute Gasteiger partial charge is 0.177 e. The summed E-state index contributed by atoms with van der Waals surface area (Å²) in [5.41, 5.74) is 1.23. The summed E-state index contributed by atoms with van der Waals surface area (Å²) in [4.78, 5) is 3.15. The quantitative estimate of drug-likeness (QED) is 0.675. The molecule has 11 heavy (non-hydrogen) atoms. The van der Waals surface area contributed by atoms with E-state index in [-0.39, 0.29) is 0 Å². The largest absolute Gasteiger partial charge is 0.335 e. The second kappa shape index (κ2) is 3.22. The van der Waals surface area contributed by atoms with Gasteiger partial charge in [-0.25, -0.2) is 0 Å². The van der Waals surface area contributed by atoms with Gasteiger partial charge in [0.1, 0.15) is 0 Å². The lowest BCUT2D eigenvalue weighted by Crippen LogP contribution is -1.93. The van der Waals surface area contributed by atoms with Gasteiger partial charge in [-0.3, -0.25) is 0 Å². The van der Waals surface area contributed by atoms with Gasteiger partial charge in [-0.15, -0.1) is 0 Å². The number of hydrogen-bond acceptors (Lipinski definition) is 1. The average Bonchev–Trinajstić information content (AvgIpc) is 2.10. The predicted molar refractivity (Wildman–Crippen MR) is 49.1 cm³/mol. The van der Waals surface area contributed by atoms with Crippen molar-refractivity contribution in [1.82, 2.24) is 9.55 Å². The predicted octanol–water partition coefficient (Wildman–Crippen LogP) is 2.28. The first-order chi connectivity index (χ1) is 5.09. The topological polar surface area (TPSA) is 20.7 Å². The Morgan fingerprint density at radius 1 is 1.64 bits per heavy atom. The number of rotatable bonds is 2. The van der Waals surface area contributed by atoms with Crippen LogP contribution in [0.25, 0.3) is 0 Å². The Bertz CT molecular complexity index is 283. The highest BCUT2D eigenvalue weighted by Crippen LogP contribution is 2.04. The van der Waals surface area contributed by atoms with E-state index in [1.165, 1.54) is 5.69 Å². The minimum Gasteiger partial charge on any atom is -0.335 e. The molecule has 1 aromatic rings. The molecule has 0 bridgehead atoms. The van der Waals surface area contributed by atoms with Gasteiger partial charge in [-0.05, 0) is 24.6 Å². The van der Waals surface area contributed by atoms with Crippen molar-refractivity contribution >= 4 is 12.2 Å². The van der Waals surface area contributed by atoms with Gasteiger partial charge in [0.05, 0.1) is 0 Å². The molecular formula is C8H14N2S. The number of nitrogens with one attached hydrogen (secondary N) is 1. The van der Waals surface area contributed by atoms with Gasteiger partial charge in [0.2, 0.25) is 0 Å². The minimum absolute atomic E-state index is 0.683. The third-order valence-electron chi connectivity index (χ3n) is 1.57. The molecular weight excluding hydrogens is 156 g/mol. The Balaban J connectivity index is 2.81. The Hall–Kier alpha value is -0.570. The molecule has 0 fully saturated rings. The molecule has 0 spiro atoms. The lowest BCUT2D eigenvalue weighted by atomic mass is 10.1. The second-order valence-corrected chi connectivity index (χ2v) is 3.68. The molecule has 0 aromatic carbocycles. The van der Waals surface area contributed by atoms with Crippen LogP contribution in [-0.2, 0) is 13.5 Å². The highest BCUT2D eigenvalue weighted by Gasteiger charge is 1.99. The molecule has 0 saturated carbocycles. The highest BCUT2D eigenvalue weighted by molar-refractivity contribution is 7.71. The number of aromatic amines is 1. The summed E-state index contributed by atoms with van der Waals surface area (Å²) in [7, 11) is 1.96. The van der Waals surface area contributed by atoms with E-state index in [4.69, 9.17) is 12.2 Å². The van der Waals surface area contributed by atoms with E-state index >= 15 is 0 Å². The molecule has 0 amide bonds. The Morgan fingerprint density at radius 3 is 2.64 bits per heavy atom. The van der Waals surface area contributed by atoms with E-state index in [0.717, 1.165) is 11.2 Å². The van der Waals surface area contributed by atoms with Crippen molar-refractivity contribution in [1.29, 1.82) is 0 Å². The number of aryl methyl sites for hydroxylation is 1. The van der Waals surface area contributed by atoms with E-state index in [2.05, 4.69) is 25.0 Å². The van der Waals surface area contributed by atoms with Crippen molar-refractivity contribution in [3.8, 4) is 0 Å². The van der Waals surface area contributed by atoms with Crippen LogP contribution in [0.2, 0.25) is 0 Å². The van der Waals surface area contributed by atoms with Crippen LogP contribution < -0.4 is 0 Å². The maximum absolute atomic E-state index is 5.03. The summed E-state index contributed by atoms with van der Waals surface area (Å²) < 4.78 is 2.74. The summed E-state index contributed by atoms with van der Waals surface area (Å²) in [5, 5.41) is 0. The fraction of sp³-hybridized carbons (Fsp3) is 0.625. The van der Waals surface area contributed by atoms with Crippen LogP contribution in [0, 0.1) is 10.7 Å². The Labute approximate surface area is 72.3 Å². The molecule has 1 aromatic heterocycles. The van der Waals surface area contributed by atoms with Gasteiger partial charge in [0.25, 0.3) is 0 Å². The first-order valence-corrected chi connectivity index (χ1v) is 4.25. The third-order valence-corrected chi connectivity index (χ3v) is 1.96. The van der Waals surface area contributed by atoms with Crippen molar-refractivity contribution < 1.29 is 0 Å². The maximum Gasteiger partial charge on any atom is 0.177 e. The maximum atomic E-state index is 5.03. The number of H-pyrrole nitrogens is 1. The van der Waals surface area contributed by atoms with E-state index in [1.54, 1.807) is 0 Å². The molecule has 0 aliphatic rings. The van der Waals surface area contributed by atoms with Crippen LogP contribution in [0.3, 0.4) is 0 Å². The van der Waals surface area contributed by atoms with Gasteiger partial charge in [-0.2, -0.15) is 0 Å². The molecule has 1 N–H and O–H groups in total. The SMILES string of the molecule is CC(C)Cc1cn(C)c(=S)[nH]1. The van der Waals surface area contributed by atoms with E-state index in [0.29, 0.717) is 5.92 Å². The lowest BCUT2D eigenvalue weighted by molar-refractivity contribution is 0.637. The molecule has 2 nitrogen and oxygen atoms in total. The van der Waals surface area contributed by atoms with Gasteiger partial charge >= 0.3 is 0 Å². The number of nitrogens with zero attached hydrogens (tertiary/aromatic N) is 1. The normalized spacial score (nSPS) is 10.9. The zero-order valence-corrected chi connectivity index (χ0v) is 8.03. The number of hydrogen-bond donors (Lipinski definition) is 1.